The van der Waals surface area contributed by atoms with Gasteiger partial charge >= 0.3 is 5.97 Å². The number of carboxylic acids is 1. The average molecular weight is 998 g/mol. The van der Waals surface area contributed by atoms with E-state index < -0.39 is 56.5 Å². The van der Waals surface area contributed by atoms with Gasteiger partial charge in [0.15, 0.2) is 5.95 Å². The summed E-state index contributed by atoms with van der Waals surface area (Å²) in [6.45, 7) is 3.29. The Hall–Kier alpha value is -6.32. The minimum Gasteiger partial charge on any atom is -0.480 e. The van der Waals surface area contributed by atoms with Gasteiger partial charge in [-0.3, -0.25) is 23.9 Å². The van der Waals surface area contributed by atoms with Gasteiger partial charge in [0.1, 0.15) is 6.04 Å². The molecule has 2 heterocycles. The molecule has 23 nitrogen and oxygen atoms in total. The number of carbonyl (C=O) groups excluding carboxylic acids is 3. The molecule has 0 aliphatic rings. The Morgan fingerprint density at radius 3 is 2.00 bits per heavy atom. The molecule has 0 fully saturated rings. The normalized spacial score (nSPS) is 12.7. The molecular weight excluding hydrogens is 939 g/mol. The molecule has 374 valence electrons. The van der Waals surface area contributed by atoms with E-state index in [-0.39, 0.29) is 40.6 Å². The first kappa shape index (κ1) is 53.6. The molecule has 25 heteroatoms. The Kier molecular flexibility index (Phi) is 21.0. The second-order valence-corrected chi connectivity index (χ2v) is 19.0. The lowest BCUT2D eigenvalue weighted by molar-refractivity contribution is -0.138. The number of nitrogens with two attached hydrogens (primary N) is 2. The zero-order valence-corrected chi connectivity index (χ0v) is 39.4. The number of nitrogens with zero attached hydrogens (tertiary/aromatic N) is 3. The fourth-order valence-corrected chi connectivity index (χ4v) is 8.80. The predicted octanol–water partition coefficient (Wildman–Crippen LogP) is 0.907. The Bertz CT molecular complexity index is 2650. The summed E-state index contributed by atoms with van der Waals surface area (Å²) in [5, 5.41) is 23.3. The van der Waals surface area contributed by atoms with Crippen LogP contribution in [-0.4, -0.2) is 143 Å². The molecular formula is C44H59N11O12S2. The van der Waals surface area contributed by atoms with Crippen LogP contribution in [0, 0.1) is 0 Å². The second kappa shape index (κ2) is 27.0. The number of H-pyrrole nitrogens is 1. The van der Waals surface area contributed by atoms with Crippen molar-refractivity contribution in [2.75, 3.05) is 71.1 Å². The first-order valence-corrected chi connectivity index (χ1v) is 25.1. The number of primary amides is 1. The molecule has 0 saturated heterocycles. The third-order valence-corrected chi connectivity index (χ3v) is 13.2. The molecule has 2 unspecified atom stereocenters. The summed E-state index contributed by atoms with van der Waals surface area (Å²) in [5.74, 6) is -2.28. The average Bonchev–Trinajstić information content (AvgIpc) is 4.02. The lowest BCUT2D eigenvalue weighted by Crippen LogP contribution is -2.48. The van der Waals surface area contributed by atoms with Crippen LogP contribution in [0.3, 0.4) is 0 Å². The molecule has 5 rings (SSSR count). The zero-order valence-electron chi connectivity index (χ0n) is 37.8. The van der Waals surface area contributed by atoms with E-state index in [2.05, 4.69) is 40.5 Å². The van der Waals surface area contributed by atoms with Gasteiger partial charge in [-0.25, -0.2) is 26.5 Å². The Morgan fingerprint density at radius 1 is 0.768 bits per heavy atom. The minimum absolute atomic E-state index is 0.0299. The Balaban J connectivity index is 0.961. The highest BCUT2D eigenvalue weighted by Crippen LogP contribution is 2.24. The number of anilines is 1. The SMILES string of the molecule is NC(=O)CCC(N)C(=O)NCCCOCCOCCOCCCNS(=O)(=O)c1ccc(-c2ccc(S(=O)(=O)NC(CNC(=O)c3ccc4c(cnn4CCCNc4ncc[nH]4)c3)C(=O)O)cc2)cc1. The van der Waals surface area contributed by atoms with Gasteiger partial charge in [0, 0.05) is 75.7 Å². The third-order valence-electron chi connectivity index (χ3n) is 10.3. The largest absolute Gasteiger partial charge is 0.480 e. The summed E-state index contributed by atoms with van der Waals surface area (Å²) >= 11 is 0. The van der Waals surface area contributed by atoms with Gasteiger partial charge in [0.2, 0.25) is 31.9 Å². The van der Waals surface area contributed by atoms with Crippen molar-refractivity contribution in [3.8, 4) is 11.1 Å². The van der Waals surface area contributed by atoms with Gasteiger partial charge in [-0.05, 0) is 79.3 Å². The van der Waals surface area contributed by atoms with Crippen LogP contribution in [0.25, 0.3) is 22.0 Å². The molecule has 3 aromatic carbocycles. The standard InChI is InChI=1S/C44H59N11O12S2/c45-37(13-15-40(46)56)42(58)47-17-2-22-65-24-26-67-27-25-66-23-3-18-53-68(61,62)35-9-4-31(5-10-35)32-6-11-36(12-7-32)69(63,64)54-38(43(59)60)30-51-41(57)33-8-14-39-34(28-33)29-52-55(39)21-1-16-48-44-49-19-20-50-44/h4-12,14,19-20,28-29,37-38,53-54H,1-3,13,15-18,21-27,30,45H2,(H2,46,56)(H,47,58)(H,51,57)(H,59,60)(H2,48,49,50). The van der Waals surface area contributed by atoms with Crippen molar-refractivity contribution in [1.82, 2.24) is 39.8 Å². The number of aliphatic carboxylic acids is 1. The molecule has 0 aliphatic heterocycles. The molecule has 69 heavy (non-hydrogen) atoms. The molecule has 2 aromatic heterocycles. The number of aromatic amines is 1. The van der Waals surface area contributed by atoms with Crippen LogP contribution < -0.4 is 36.9 Å². The van der Waals surface area contributed by atoms with Crippen LogP contribution in [0.15, 0.2) is 95.1 Å². The lowest BCUT2D eigenvalue weighted by Gasteiger charge is -2.16. The summed E-state index contributed by atoms with van der Waals surface area (Å²) in [7, 11) is -8.18. The van der Waals surface area contributed by atoms with Crippen molar-refractivity contribution >= 4 is 60.6 Å². The van der Waals surface area contributed by atoms with Crippen molar-refractivity contribution in [2.24, 2.45) is 11.5 Å². The van der Waals surface area contributed by atoms with E-state index >= 15 is 0 Å². The maximum Gasteiger partial charge on any atom is 0.323 e. The summed E-state index contributed by atoms with van der Waals surface area (Å²) in [6, 6.07) is 14.1. The van der Waals surface area contributed by atoms with E-state index in [0.717, 1.165) is 11.9 Å². The number of imidazole rings is 1. The maximum absolute atomic E-state index is 13.2. The first-order chi connectivity index (χ1) is 33.1. The van der Waals surface area contributed by atoms with E-state index in [1.807, 2.05) is 4.68 Å². The molecule has 0 saturated carbocycles. The fraction of sp³-hybridized carbons (Fsp3) is 0.409. The Morgan fingerprint density at radius 2 is 1.39 bits per heavy atom. The number of ether oxygens (including phenoxy) is 3. The number of hydrogen-bond acceptors (Lipinski definition) is 15. The van der Waals surface area contributed by atoms with Crippen molar-refractivity contribution in [2.45, 2.75) is 60.5 Å². The van der Waals surface area contributed by atoms with Crippen molar-refractivity contribution in [3.63, 3.8) is 0 Å². The number of rotatable bonds is 33. The number of aryl methyl sites for hydroxylation is 1. The van der Waals surface area contributed by atoms with Crippen LogP contribution in [0.1, 0.15) is 42.5 Å². The number of carboxylic acid groups (broad SMARTS) is 1. The minimum atomic E-state index is -4.35. The van der Waals surface area contributed by atoms with Crippen LogP contribution in [0.2, 0.25) is 0 Å². The number of amides is 3. The van der Waals surface area contributed by atoms with Crippen LogP contribution >= 0.6 is 0 Å². The number of hydrogen-bond donors (Lipinski definition) is 9. The number of nitrogens with one attached hydrogen (secondary N) is 6. The quantitative estimate of drug-likeness (QED) is 0.0264. The number of carbonyl (C=O) groups is 4. The number of aromatic nitrogens is 4. The molecule has 3 amide bonds. The molecule has 0 spiro atoms. The van der Waals surface area contributed by atoms with Gasteiger partial charge in [0.05, 0.1) is 54.0 Å². The van der Waals surface area contributed by atoms with Gasteiger partial charge in [-0.15, -0.1) is 0 Å². The number of sulfonamides is 2. The molecule has 0 aliphatic carbocycles. The smallest absolute Gasteiger partial charge is 0.323 e. The lowest BCUT2D eigenvalue weighted by atomic mass is 10.1. The molecule has 11 N–H and O–H groups in total. The monoisotopic (exact) mass is 997 g/mol. The molecule has 0 bridgehead atoms. The van der Waals surface area contributed by atoms with E-state index in [0.29, 0.717) is 94.6 Å². The van der Waals surface area contributed by atoms with Gasteiger partial charge in [-0.1, -0.05) is 24.3 Å². The summed E-state index contributed by atoms with van der Waals surface area (Å²) in [4.78, 5) is 54.7. The van der Waals surface area contributed by atoms with E-state index in [1.54, 1.807) is 48.9 Å². The maximum atomic E-state index is 13.2. The van der Waals surface area contributed by atoms with Crippen molar-refractivity contribution in [3.05, 3.63) is 90.9 Å². The summed E-state index contributed by atoms with van der Waals surface area (Å²) in [6.07, 6.45) is 6.99. The van der Waals surface area contributed by atoms with Gasteiger partial charge in [0.25, 0.3) is 5.91 Å². The molecule has 0 radical (unpaired) electrons. The molecule has 2 atom stereocenters. The van der Waals surface area contributed by atoms with Crippen LogP contribution in [-0.2, 0) is 55.2 Å². The number of benzene rings is 3. The highest BCUT2D eigenvalue weighted by molar-refractivity contribution is 7.89. The first-order valence-electron chi connectivity index (χ1n) is 22.1. The van der Waals surface area contributed by atoms with E-state index in [9.17, 15) is 41.1 Å². The second-order valence-electron chi connectivity index (χ2n) is 15.5. The fourth-order valence-electron chi connectivity index (χ4n) is 6.54. The van der Waals surface area contributed by atoms with E-state index in [4.69, 9.17) is 25.7 Å². The van der Waals surface area contributed by atoms with Gasteiger partial charge in [-0.2, -0.15) is 9.82 Å². The van der Waals surface area contributed by atoms with Crippen molar-refractivity contribution < 1.29 is 55.3 Å². The van der Waals surface area contributed by atoms with Gasteiger partial charge < -0.3 is 51.7 Å². The molecule has 5 aromatic rings. The number of fused-ring (bicyclic) bond motifs is 1. The van der Waals surface area contributed by atoms with E-state index in [1.165, 1.54) is 36.4 Å². The van der Waals surface area contributed by atoms with Crippen molar-refractivity contribution in [1.29, 1.82) is 0 Å². The summed E-state index contributed by atoms with van der Waals surface area (Å²) < 4.78 is 75.2. The summed E-state index contributed by atoms with van der Waals surface area (Å²) in [5.41, 5.74) is 13.0. The predicted molar refractivity (Wildman–Crippen MR) is 254 cm³/mol. The highest BCUT2D eigenvalue weighted by atomic mass is 32.2. The topological polar surface area (TPSA) is 343 Å². The highest BCUT2D eigenvalue weighted by Gasteiger charge is 2.26. The Labute approximate surface area is 399 Å². The third kappa shape index (κ3) is 17.6. The van der Waals surface area contributed by atoms with Crippen LogP contribution in [0.4, 0.5) is 5.95 Å². The zero-order chi connectivity index (χ0) is 49.7. The van der Waals surface area contributed by atoms with Crippen LogP contribution in [0.5, 0.6) is 0 Å².